The number of pyridine rings is 3. The Bertz CT molecular complexity index is 1210. The quantitative estimate of drug-likeness (QED) is 0.583. The van der Waals surface area contributed by atoms with E-state index < -0.39 is 11.7 Å². The average Bonchev–Trinajstić information content (AvgIpc) is 2.94. The molecule has 1 saturated heterocycles. The van der Waals surface area contributed by atoms with Gasteiger partial charge in [0.25, 0.3) is 0 Å². The first kappa shape index (κ1) is 20.3. The Morgan fingerprint density at radius 2 is 2.03 bits per heavy atom. The standard InChI is InChI=1S/C21H23N7O3/c1-11-13(7-24-9-15(11)22)16-4-12-5-17(25-8-14(12)19(23)26-16)27-20(30)31-21(2)6-18(29)28(3)10-21/h4-5,7-9H,6,10,22H2,1-3H3,(H2,23,26)(H,25,27,30)/t21-/m1/s1. The number of likely N-dealkylation sites (N-methyl/N-ethyl adjacent to an activating group) is 1. The lowest BCUT2D eigenvalue weighted by Crippen LogP contribution is -2.36. The Morgan fingerprint density at radius 3 is 2.74 bits per heavy atom. The molecule has 0 radical (unpaired) electrons. The highest BCUT2D eigenvalue weighted by molar-refractivity contribution is 5.96. The Balaban J connectivity index is 1.61. The van der Waals surface area contributed by atoms with Crippen LogP contribution < -0.4 is 16.8 Å². The van der Waals surface area contributed by atoms with Crippen molar-refractivity contribution in [1.82, 2.24) is 19.9 Å². The smallest absolute Gasteiger partial charge is 0.413 e. The molecular weight excluding hydrogens is 398 g/mol. The number of carbonyl (C=O) groups is 2. The van der Waals surface area contributed by atoms with E-state index in [-0.39, 0.29) is 18.1 Å². The Hall–Kier alpha value is -3.95. The SMILES string of the molecule is Cc1c(N)cncc1-c1cc2cc(NC(=O)O[C@]3(C)CC(=O)N(C)C3)ncc2c(N)n1. The average molecular weight is 421 g/mol. The molecule has 0 unspecified atom stereocenters. The van der Waals surface area contributed by atoms with Gasteiger partial charge in [-0.05, 0) is 36.9 Å². The molecule has 3 aromatic heterocycles. The van der Waals surface area contributed by atoms with Crippen LogP contribution in [0.25, 0.3) is 22.0 Å². The van der Waals surface area contributed by atoms with Gasteiger partial charge >= 0.3 is 6.09 Å². The highest BCUT2D eigenvalue weighted by Gasteiger charge is 2.41. The minimum atomic E-state index is -0.883. The van der Waals surface area contributed by atoms with Crippen molar-refractivity contribution in [3.05, 3.63) is 36.3 Å². The van der Waals surface area contributed by atoms with E-state index in [1.54, 1.807) is 32.4 Å². The number of ether oxygens (including phenoxy) is 1. The summed E-state index contributed by atoms with van der Waals surface area (Å²) in [6.07, 6.45) is 4.25. The maximum absolute atomic E-state index is 12.4. The van der Waals surface area contributed by atoms with E-state index in [2.05, 4.69) is 20.3 Å². The summed E-state index contributed by atoms with van der Waals surface area (Å²) < 4.78 is 5.49. The molecule has 10 heteroatoms. The fraction of sp³-hybridized carbons (Fsp3) is 0.286. The van der Waals surface area contributed by atoms with Crippen molar-refractivity contribution in [3.63, 3.8) is 0 Å². The molecule has 0 saturated carbocycles. The topological polar surface area (TPSA) is 149 Å². The summed E-state index contributed by atoms with van der Waals surface area (Å²) in [5.41, 5.74) is 14.0. The van der Waals surface area contributed by atoms with Crippen molar-refractivity contribution in [2.24, 2.45) is 0 Å². The molecule has 1 atom stereocenters. The summed E-state index contributed by atoms with van der Waals surface area (Å²) in [5.74, 6) is 0.523. The molecule has 1 fully saturated rings. The van der Waals surface area contributed by atoms with Crippen LogP contribution >= 0.6 is 0 Å². The second-order valence-electron chi connectivity index (χ2n) is 7.98. The van der Waals surface area contributed by atoms with Gasteiger partial charge < -0.3 is 21.1 Å². The summed E-state index contributed by atoms with van der Waals surface area (Å²) in [7, 11) is 1.67. The van der Waals surface area contributed by atoms with Crippen LogP contribution in [0.5, 0.6) is 0 Å². The van der Waals surface area contributed by atoms with E-state index in [4.69, 9.17) is 16.2 Å². The van der Waals surface area contributed by atoms with Gasteiger partial charge in [-0.2, -0.15) is 0 Å². The first-order valence-electron chi connectivity index (χ1n) is 9.66. The van der Waals surface area contributed by atoms with Gasteiger partial charge in [-0.3, -0.25) is 15.1 Å². The normalized spacial score (nSPS) is 18.4. The van der Waals surface area contributed by atoms with Gasteiger partial charge in [0.1, 0.15) is 17.2 Å². The molecule has 1 aliphatic rings. The van der Waals surface area contributed by atoms with E-state index in [9.17, 15) is 9.59 Å². The van der Waals surface area contributed by atoms with Crippen molar-refractivity contribution >= 4 is 40.1 Å². The molecule has 31 heavy (non-hydrogen) atoms. The first-order valence-corrected chi connectivity index (χ1v) is 9.66. The van der Waals surface area contributed by atoms with Crippen LogP contribution in [0.15, 0.2) is 30.7 Å². The highest BCUT2D eigenvalue weighted by Crippen LogP contribution is 2.30. The fourth-order valence-corrected chi connectivity index (χ4v) is 3.70. The summed E-state index contributed by atoms with van der Waals surface area (Å²) in [5, 5.41) is 4.00. The Labute approximate surface area is 178 Å². The van der Waals surface area contributed by atoms with Crippen molar-refractivity contribution in [2.45, 2.75) is 25.9 Å². The van der Waals surface area contributed by atoms with Crippen LogP contribution in [-0.2, 0) is 9.53 Å². The molecule has 0 spiro atoms. The number of nitrogens with zero attached hydrogens (tertiary/aromatic N) is 4. The zero-order valence-corrected chi connectivity index (χ0v) is 17.5. The van der Waals surface area contributed by atoms with E-state index in [0.717, 1.165) is 16.5 Å². The minimum Gasteiger partial charge on any atom is -0.441 e. The van der Waals surface area contributed by atoms with Crippen LogP contribution in [-0.4, -0.2) is 51.0 Å². The maximum atomic E-state index is 12.4. The summed E-state index contributed by atoms with van der Waals surface area (Å²) in [4.78, 5) is 38.5. The molecule has 10 nitrogen and oxygen atoms in total. The third-order valence-electron chi connectivity index (χ3n) is 5.37. The van der Waals surface area contributed by atoms with E-state index in [0.29, 0.717) is 29.1 Å². The third-order valence-corrected chi connectivity index (χ3v) is 5.37. The van der Waals surface area contributed by atoms with Crippen LogP contribution in [0, 0.1) is 6.92 Å². The number of nitrogens with two attached hydrogens (primary N) is 2. The third kappa shape index (κ3) is 3.91. The number of hydrogen-bond acceptors (Lipinski definition) is 8. The number of nitrogens with one attached hydrogen (secondary N) is 1. The second-order valence-corrected chi connectivity index (χ2v) is 7.98. The lowest BCUT2D eigenvalue weighted by molar-refractivity contribution is -0.126. The van der Waals surface area contributed by atoms with E-state index in [1.807, 2.05) is 13.0 Å². The van der Waals surface area contributed by atoms with Gasteiger partial charge in [0.15, 0.2) is 0 Å². The monoisotopic (exact) mass is 421 g/mol. The van der Waals surface area contributed by atoms with Crippen LogP contribution in [0.3, 0.4) is 0 Å². The molecule has 160 valence electrons. The number of hydrogen-bond donors (Lipinski definition) is 3. The predicted molar refractivity (Wildman–Crippen MR) is 117 cm³/mol. The lowest BCUT2D eigenvalue weighted by atomic mass is 10.0. The minimum absolute atomic E-state index is 0.0685. The first-order chi connectivity index (χ1) is 14.6. The molecule has 5 N–H and O–H groups in total. The maximum Gasteiger partial charge on any atom is 0.413 e. The summed E-state index contributed by atoms with van der Waals surface area (Å²) >= 11 is 0. The number of rotatable bonds is 3. The van der Waals surface area contributed by atoms with Gasteiger partial charge in [-0.1, -0.05) is 0 Å². The van der Waals surface area contributed by atoms with Gasteiger partial charge in [-0.25, -0.2) is 14.8 Å². The summed E-state index contributed by atoms with van der Waals surface area (Å²) in [6.45, 7) is 3.95. The number of amides is 2. The van der Waals surface area contributed by atoms with Gasteiger partial charge in [0, 0.05) is 30.4 Å². The number of carbonyl (C=O) groups excluding carboxylic acids is 2. The number of aromatic nitrogens is 3. The zero-order chi connectivity index (χ0) is 22.3. The molecule has 0 aromatic carbocycles. The van der Waals surface area contributed by atoms with Gasteiger partial charge in [-0.15, -0.1) is 0 Å². The molecule has 0 bridgehead atoms. The van der Waals surface area contributed by atoms with E-state index >= 15 is 0 Å². The fourth-order valence-electron chi connectivity index (χ4n) is 3.70. The van der Waals surface area contributed by atoms with Crippen LogP contribution in [0.1, 0.15) is 18.9 Å². The lowest BCUT2D eigenvalue weighted by Gasteiger charge is -2.23. The van der Waals surface area contributed by atoms with Crippen LogP contribution in [0.2, 0.25) is 0 Å². The molecule has 4 heterocycles. The van der Waals surface area contributed by atoms with Crippen molar-refractivity contribution < 1.29 is 14.3 Å². The number of anilines is 3. The van der Waals surface area contributed by atoms with Crippen molar-refractivity contribution in [1.29, 1.82) is 0 Å². The molecule has 2 amide bonds. The van der Waals surface area contributed by atoms with Gasteiger partial charge in [0.2, 0.25) is 5.91 Å². The van der Waals surface area contributed by atoms with E-state index in [1.165, 1.54) is 11.1 Å². The summed E-state index contributed by atoms with van der Waals surface area (Å²) in [6, 6.07) is 3.51. The Morgan fingerprint density at radius 1 is 1.26 bits per heavy atom. The zero-order valence-electron chi connectivity index (χ0n) is 17.5. The van der Waals surface area contributed by atoms with Crippen LogP contribution in [0.4, 0.5) is 22.1 Å². The number of fused-ring (bicyclic) bond motifs is 1. The van der Waals surface area contributed by atoms with Gasteiger partial charge in [0.05, 0.1) is 30.5 Å². The molecule has 1 aliphatic heterocycles. The van der Waals surface area contributed by atoms with Crippen molar-refractivity contribution in [2.75, 3.05) is 30.4 Å². The molecular formula is C21H23N7O3. The van der Waals surface area contributed by atoms with Crippen molar-refractivity contribution in [3.8, 4) is 11.3 Å². The molecule has 3 aromatic rings. The predicted octanol–water partition coefficient (Wildman–Crippen LogP) is 2.33. The largest absolute Gasteiger partial charge is 0.441 e. The number of likely N-dealkylation sites (tertiary alicyclic amines) is 1. The second kappa shape index (κ2) is 7.38. The molecule has 0 aliphatic carbocycles. The Kier molecular flexibility index (Phi) is 4.84. The number of nitrogen functional groups attached to an aromatic ring is 2. The highest BCUT2D eigenvalue weighted by atomic mass is 16.6. The molecule has 4 rings (SSSR count).